The van der Waals surface area contributed by atoms with E-state index >= 15 is 0 Å². The summed E-state index contributed by atoms with van der Waals surface area (Å²) in [5, 5.41) is 12.9. The third kappa shape index (κ3) is 9.98. The number of hydrogen-bond donors (Lipinski definition) is 3. The first-order valence-electron chi connectivity index (χ1n) is 5.88. The van der Waals surface area contributed by atoms with Gasteiger partial charge in [0.2, 0.25) is 0 Å². The van der Waals surface area contributed by atoms with Gasteiger partial charge in [-0.1, -0.05) is 13.3 Å². The highest BCUT2D eigenvalue weighted by molar-refractivity contribution is 5.95. The van der Waals surface area contributed by atoms with Crippen molar-refractivity contribution in [3.63, 3.8) is 0 Å². The zero-order valence-corrected chi connectivity index (χ0v) is 11.1. The average molecular weight is 276 g/mol. The Kier molecular flexibility index (Phi) is 9.37. The quantitative estimate of drug-likeness (QED) is 0.534. The molecule has 0 aliphatic carbocycles. The minimum Gasteiger partial charge on any atom is -0.480 e. The van der Waals surface area contributed by atoms with Crippen LogP contribution < -0.4 is 10.6 Å². The van der Waals surface area contributed by atoms with E-state index in [-0.39, 0.29) is 6.04 Å². The molecule has 19 heavy (non-hydrogen) atoms. The Morgan fingerprint density at radius 1 is 1.26 bits per heavy atom. The smallest absolute Gasteiger partial charge is 0.329 e. The van der Waals surface area contributed by atoms with Crippen molar-refractivity contribution in [2.75, 3.05) is 26.9 Å². The number of rotatable bonds is 9. The van der Waals surface area contributed by atoms with Crippen LogP contribution in [0.1, 0.15) is 19.8 Å². The molecule has 0 fully saturated rings. The minimum atomic E-state index is -1.18. The van der Waals surface area contributed by atoms with Crippen LogP contribution in [0.5, 0.6) is 0 Å². The van der Waals surface area contributed by atoms with Gasteiger partial charge in [-0.15, -0.1) is 0 Å². The third-order valence-corrected chi connectivity index (χ3v) is 2.05. The maximum atomic E-state index is 11.4. The fraction of sp³-hybridized carbons (Fsp3) is 0.727. The second-order valence-electron chi connectivity index (χ2n) is 3.85. The van der Waals surface area contributed by atoms with Gasteiger partial charge in [-0.3, -0.25) is 10.1 Å². The SMILES string of the molecule is CCCC(COC)NC(=O)NC(=O)COCC(=O)O. The second kappa shape index (κ2) is 10.3. The lowest BCUT2D eigenvalue weighted by Crippen LogP contribution is -2.47. The van der Waals surface area contributed by atoms with E-state index in [0.29, 0.717) is 6.61 Å². The Balaban J connectivity index is 3.93. The number of methoxy groups -OCH3 is 1. The lowest BCUT2D eigenvalue weighted by Gasteiger charge is -2.17. The number of hydrogen-bond acceptors (Lipinski definition) is 5. The Labute approximate surface area is 111 Å². The number of imide groups is 1. The fourth-order valence-corrected chi connectivity index (χ4v) is 1.36. The van der Waals surface area contributed by atoms with Crippen LogP contribution in [0.4, 0.5) is 4.79 Å². The molecule has 8 heteroatoms. The Morgan fingerprint density at radius 3 is 2.47 bits per heavy atom. The predicted molar refractivity (Wildman–Crippen MR) is 65.7 cm³/mol. The summed E-state index contributed by atoms with van der Waals surface area (Å²) in [6.07, 6.45) is 1.59. The van der Waals surface area contributed by atoms with Gasteiger partial charge in [-0.2, -0.15) is 0 Å². The van der Waals surface area contributed by atoms with Crippen molar-refractivity contribution in [1.29, 1.82) is 0 Å². The van der Waals surface area contributed by atoms with E-state index in [2.05, 4.69) is 10.1 Å². The van der Waals surface area contributed by atoms with Gasteiger partial charge in [0.05, 0.1) is 12.6 Å². The zero-order chi connectivity index (χ0) is 14.7. The molecule has 1 unspecified atom stereocenters. The van der Waals surface area contributed by atoms with Crippen LogP contribution in [-0.2, 0) is 19.1 Å². The van der Waals surface area contributed by atoms with Crippen LogP contribution >= 0.6 is 0 Å². The summed E-state index contributed by atoms with van der Waals surface area (Å²) < 4.78 is 9.48. The Bertz CT molecular complexity index is 302. The molecular formula is C11H20N2O6. The number of nitrogens with one attached hydrogen (secondary N) is 2. The molecule has 0 aliphatic rings. The molecule has 0 spiro atoms. The van der Waals surface area contributed by atoms with Crippen LogP contribution in [0.2, 0.25) is 0 Å². The third-order valence-electron chi connectivity index (χ3n) is 2.05. The standard InChI is InChI=1S/C11H20N2O6/c1-3-4-8(5-18-2)12-11(17)13-9(14)6-19-7-10(15)16/h8H,3-7H2,1-2H3,(H,15,16)(H2,12,13,14,17). The Hall–Kier alpha value is -1.67. The lowest BCUT2D eigenvalue weighted by molar-refractivity contribution is -0.143. The first-order chi connectivity index (χ1) is 8.99. The van der Waals surface area contributed by atoms with E-state index in [9.17, 15) is 14.4 Å². The molecule has 0 aromatic carbocycles. The van der Waals surface area contributed by atoms with Crippen LogP contribution in [-0.4, -0.2) is 56.0 Å². The zero-order valence-electron chi connectivity index (χ0n) is 11.1. The maximum absolute atomic E-state index is 11.4. The molecule has 3 N–H and O–H groups in total. The number of urea groups is 1. The minimum absolute atomic E-state index is 0.178. The molecule has 0 radical (unpaired) electrons. The molecular weight excluding hydrogens is 256 g/mol. The maximum Gasteiger partial charge on any atom is 0.329 e. The highest BCUT2D eigenvalue weighted by Gasteiger charge is 2.13. The number of ether oxygens (including phenoxy) is 2. The summed E-state index contributed by atoms with van der Waals surface area (Å²) >= 11 is 0. The van der Waals surface area contributed by atoms with Gasteiger partial charge >= 0.3 is 12.0 Å². The van der Waals surface area contributed by atoms with Gasteiger partial charge in [-0.25, -0.2) is 9.59 Å². The first kappa shape index (κ1) is 17.3. The molecule has 0 aliphatic heterocycles. The summed E-state index contributed by atoms with van der Waals surface area (Å²) in [6, 6.07) is -0.831. The topological polar surface area (TPSA) is 114 Å². The van der Waals surface area contributed by atoms with Gasteiger partial charge in [0.15, 0.2) is 0 Å². The van der Waals surface area contributed by atoms with Gasteiger partial charge in [0.1, 0.15) is 13.2 Å². The molecule has 0 aromatic heterocycles. The Morgan fingerprint density at radius 2 is 1.95 bits per heavy atom. The number of carboxylic acids is 1. The van der Waals surface area contributed by atoms with E-state index in [1.54, 1.807) is 0 Å². The molecule has 3 amide bonds. The van der Waals surface area contributed by atoms with Crippen LogP contribution in [0, 0.1) is 0 Å². The van der Waals surface area contributed by atoms with Crippen molar-refractivity contribution >= 4 is 17.9 Å². The molecule has 0 saturated carbocycles. The fourth-order valence-electron chi connectivity index (χ4n) is 1.36. The molecule has 8 nitrogen and oxygen atoms in total. The van der Waals surface area contributed by atoms with E-state index < -0.39 is 31.1 Å². The van der Waals surface area contributed by atoms with Crippen LogP contribution in [0.15, 0.2) is 0 Å². The molecule has 0 bridgehead atoms. The van der Waals surface area contributed by atoms with Crippen LogP contribution in [0.3, 0.4) is 0 Å². The van der Waals surface area contributed by atoms with E-state index in [1.165, 1.54) is 7.11 Å². The lowest BCUT2D eigenvalue weighted by atomic mass is 10.2. The summed E-state index contributed by atoms with van der Waals surface area (Å²) in [6.45, 7) is 1.25. The number of carboxylic acid groups (broad SMARTS) is 1. The average Bonchev–Trinajstić information content (AvgIpc) is 2.28. The van der Waals surface area contributed by atoms with Crippen molar-refractivity contribution in [1.82, 2.24) is 10.6 Å². The molecule has 0 aromatic rings. The molecule has 0 saturated heterocycles. The van der Waals surface area contributed by atoms with Gasteiger partial charge in [-0.05, 0) is 6.42 Å². The molecule has 0 heterocycles. The van der Waals surface area contributed by atoms with E-state index in [1.807, 2.05) is 12.2 Å². The molecule has 110 valence electrons. The van der Waals surface area contributed by atoms with Crippen molar-refractivity contribution in [3.05, 3.63) is 0 Å². The summed E-state index contributed by atoms with van der Waals surface area (Å²) in [5.41, 5.74) is 0. The van der Waals surface area contributed by atoms with Gasteiger partial charge < -0.3 is 19.9 Å². The number of carbonyl (C=O) groups excluding carboxylic acids is 2. The van der Waals surface area contributed by atoms with Crippen LogP contribution in [0.25, 0.3) is 0 Å². The summed E-state index contributed by atoms with van der Waals surface area (Å²) in [5.74, 6) is -1.88. The highest BCUT2D eigenvalue weighted by Crippen LogP contribution is 1.96. The van der Waals surface area contributed by atoms with E-state index in [4.69, 9.17) is 9.84 Å². The summed E-state index contributed by atoms with van der Waals surface area (Å²) in [4.78, 5) is 32.8. The number of aliphatic carboxylic acids is 1. The largest absolute Gasteiger partial charge is 0.480 e. The molecule has 0 rings (SSSR count). The van der Waals surface area contributed by atoms with Crippen molar-refractivity contribution in [3.8, 4) is 0 Å². The van der Waals surface area contributed by atoms with Crippen molar-refractivity contribution in [2.45, 2.75) is 25.8 Å². The molecule has 1 atom stereocenters. The predicted octanol–water partition coefficient (Wildman–Crippen LogP) is -0.271. The second-order valence-corrected chi connectivity index (χ2v) is 3.85. The van der Waals surface area contributed by atoms with E-state index in [0.717, 1.165) is 12.8 Å². The van der Waals surface area contributed by atoms with Crippen molar-refractivity contribution in [2.24, 2.45) is 0 Å². The van der Waals surface area contributed by atoms with Crippen molar-refractivity contribution < 1.29 is 29.0 Å². The van der Waals surface area contributed by atoms with Gasteiger partial charge in [0.25, 0.3) is 5.91 Å². The first-order valence-corrected chi connectivity index (χ1v) is 5.88. The number of amides is 3. The highest BCUT2D eigenvalue weighted by atomic mass is 16.5. The number of carbonyl (C=O) groups is 3. The monoisotopic (exact) mass is 276 g/mol. The normalized spacial score (nSPS) is 11.7. The van der Waals surface area contributed by atoms with Gasteiger partial charge in [0, 0.05) is 7.11 Å². The summed E-state index contributed by atoms with van der Waals surface area (Å²) in [7, 11) is 1.52.